The summed E-state index contributed by atoms with van der Waals surface area (Å²) in [7, 11) is 0. The van der Waals surface area contributed by atoms with Crippen molar-refractivity contribution in [3.05, 3.63) is 24.2 Å². The maximum absolute atomic E-state index is 12.1. The fourth-order valence-electron chi connectivity index (χ4n) is 0.993. The number of hydrogen-bond donors (Lipinski definition) is 1. The van der Waals surface area contributed by atoms with Crippen molar-refractivity contribution in [1.29, 1.82) is 0 Å². The highest BCUT2D eigenvalue weighted by Crippen LogP contribution is 2.29. The predicted molar refractivity (Wildman–Crippen MR) is 54.2 cm³/mol. The molecule has 17 heavy (non-hydrogen) atoms. The van der Waals surface area contributed by atoms with E-state index in [1.54, 1.807) is 0 Å². The molecule has 0 aliphatic rings. The van der Waals surface area contributed by atoms with Crippen LogP contribution in [-0.2, 0) is 6.18 Å². The Hall–Kier alpha value is -1.83. The van der Waals surface area contributed by atoms with E-state index >= 15 is 0 Å². The minimum Gasteiger partial charge on any atom is -0.384 e. The fraction of sp³-hybridized carbons (Fsp3) is 0.125. The second-order valence-corrected chi connectivity index (χ2v) is 2.89. The number of nitrogen functional groups attached to an aromatic ring is 1. The summed E-state index contributed by atoms with van der Waals surface area (Å²) in [5, 5.41) is 3.20. The van der Waals surface area contributed by atoms with Gasteiger partial charge in [0.2, 0.25) is 5.82 Å². The molecule has 2 aromatic heterocycles. The maximum atomic E-state index is 12.1. The number of pyridine rings is 1. The first kappa shape index (κ1) is 13.2. The van der Waals surface area contributed by atoms with E-state index in [4.69, 9.17) is 5.73 Å². The SMILES string of the molecule is Cl.Nc1ccc(-c2noc(C(F)(F)F)n2)cn1. The van der Waals surface area contributed by atoms with Crippen LogP contribution in [0.3, 0.4) is 0 Å². The number of aromatic nitrogens is 3. The number of hydrogen-bond acceptors (Lipinski definition) is 5. The number of anilines is 1. The minimum absolute atomic E-state index is 0. The highest BCUT2D eigenvalue weighted by atomic mass is 35.5. The molecule has 9 heteroatoms. The van der Waals surface area contributed by atoms with E-state index in [9.17, 15) is 13.2 Å². The Morgan fingerprint density at radius 1 is 1.24 bits per heavy atom. The highest BCUT2D eigenvalue weighted by molar-refractivity contribution is 5.85. The van der Waals surface area contributed by atoms with E-state index in [1.165, 1.54) is 18.3 Å². The smallest absolute Gasteiger partial charge is 0.384 e. The van der Waals surface area contributed by atoms with E-state index in [2.05, 4.69) is 19.6 Å². The van der Waals surface area contributed by atoms with Crippen molar-refractivity contribution < 1.29 is 17.7 Å². The van der Waals surface area contributed by atoms with Gasteiger partial charge < -0.3 is 10.3 Å². The summed E-state index contributed by atoms with van der Waals surface area (Å²) in [6, 6.07) is 2.88. The van der Waals surface area contributed by atoms with Crippen molar-refractivity contribution in [3.8, 4) is 11.4 Å². The van der Waals surface area contributed by atoms with Gasteiger partial charge >= 0.3 is 12.1 Å². The van der Waals surface area contributed by atoms with Crippen molar-refractivity contribution in [2.24, 2.45) is 0 Å². The molecule has 0 aromatic carbocycles. The average Bonchev–Trinajstić information content (AvgIpc) is 2.67. The first-order valence-electron chi connectivity index (χ1n) is 4.09. The lowest BCUT2D eigenvalue weighted by atomic mass is 10.3. The number of halogens is 4. The zero-order valence-electron chi connectivity index (χ0n) is 8.10. The van der Waals surface area contributed by atoms with Crippen molar-refractivity contribution in [2.45, 2.75) is 6.18 Å². The molecule has 0 spiro atoms. The molecule has 2 heterocycles. The van der Waals surface area contributed by atoms with Gasteiger partial charge in [0.1, 0.15) is 5.82 Å². The monoisotopic (exact) mass is 266 g/mol. The molecule has 0 unspecified atom stereocenters. The third kappa shape index (κ3) is 2.84. The Labute approximate surface area is 99.2 Å². The van der Waals surface area contributed by atoms with E-state index in [0.29, 0.717) is 5.56 Å². The van der Waals surface area contributed by atoms with Crippen LogP contribution in [0.4, 0.5) is 19.0 Å². The topological polar surface area (TPSA) is 77.8 Å². The third-order valence-corrected chi connectivity index (χ3v) is 1.71. The second kappa shape index (κ2) is 4.58. The molecule has 0 radical (unpaired) electrons. The van der Waals surface area contributed by atoms with Gasteiger partial charge in [0.25, 0.3) is 0 Å². The molecule has 0 bridgehead atoms. The van der Waals surface area contributed by atoms with Crippen molar-refractivity contribution in [3.63, 3.8) is 0 Å². The molecule has 2 N–H and O–H groups in total. The van der Waals surface area contributed by atoms with Crippen molar-refractivity contribution >= 4 is 18.2 Å². The van der Waals surface area contributed by atoms with Crippen LogP contribution >= 0.6 is 12.4 Å². The Morgan fingerprint density at radius 3 is 2.41 bits per heavy atom. The number of alkyl halides is 3. The number of rotatable bonds is 1. The average molecular weight is 267 g/mol. The van der Waals surface area contributed by atoms with Crippen molar-refractivity contribution in [2.75, 3.05) is 5.73 Å². The third-order valence-electron chi connectivity index (χ3n) is 1.71. The molecule has 0 saturated carbocycles. The molecule has 0 aliphatic carbocycles. The molecule has 0 fully saturated rings. The van der Waals surface area contributed by atoms with Gasteiger partial charge in [-0.3, -0.25) is 0 Å². The molecule has 5 nitrogen and oxygen atoms in total. The summed E-state index contributed by atoms with van der Waals surface area (Å²) < 4.78 is 40.5. The first-order valence-corrected chi connectivity index (χ1v) is 4.09. The largest absolute Gasteiger partial charge is 0.471 e. The molecular formula is C8H6ClF3N4O. The van der Waals surface area contributed by atoms with Crippen molar-refractivity contribution in [1.82, 2.24) is 15.1 Å². The van der Waals surface area contributed by atoms with Crippen LogP contribution in [0.2, 0.25) is 0 Å². The Balaban J connectivity index is 0.00000144. The standard InChI is InChI=1S/C8H5F3N4O.ClH/c9-8(10,11)7-14-6(15-16-7)4-1-2-5(12)13-3-4;/h1-3H,(H2,12,13);1H. The van der Waals surface area contributed by atoms with Crippen LogP contribution in [0.5, 0.6) is 0 Å². The normalized spacial score (nSPS) is 11.0. The van der Waals surface area contributed by atoms with Gasteiger partial charge in [-0.25, -0.2) is 4.98 Å². The number of nitrogens with two attached hydrogens (primary N) is 1. The van der Waals surface area contributed by atoms with Gasteiger partial charge in [0.15, 0.2) is 0 Å². The summed E-state index contributed by atoms with van der Waals surface area (Å²) in [4.78, 5) is 6.90. The van der Waals surface area contributed by atoms with E-state index in [-0.39, 0.29) is 24.0 Å². The van der Waals surface area contributed by atoms with Gasteiger partial charge in [-0.15, -0.1) is 12.4 Å². The fourth-order valence-corrected chi connectivity index (χ4v) is 0.993. The first-order chi connectivity index (χ1) is 7.47. The Bertz CT molecular complexity index is 496. The van der Waals surface area contributed by atoms with E-state index in [1.807, 2.05) is 0 Å². The van der Waals surface area contributed by atoms with Gasteiger partial charge in [-0.2, -0.15) is 18.2 Å². The van der Waals surface area contributed by atoms with Crippen LogP contribution < -0.4 is 5.73 Å². The maximum Gasteiger partial charge on any atom is 0.471 e. The lowest BCUT2D eigenvalue weighted by Crippen LogP contribution is -2.04. The van der Waals surface area contributed by atoms with Crippen LogP contribution in [-0.4, -0.2) is 15.1 Å². The Morgan fingerprint density at radius 2 is 1.94 bits per heavy atom. The number of nitrogens with zero attached hydrogens (tertiary/aromatic N) is 3. The van der Waals surface area contributed by atoms with Crippen LogP contribution in [0.15, 0.2) is 22.9 Å². The summed E-state index contributed by atoms with van der Waals surface area (Å²) in [6.07, 6.45) is -3.38. The second-order valence-electron chi connectivity index (χ2n) is 2.89. The lowest BCUT2D eigenvalue weighted by Gasteiger charge is -1.96. The lowest BCUT2D eigenvalue weighted by molar-refractivity contribution is -0.159. The summed E-state index contributed by atoms with van der Waals surface area (Å²) in [6.45, 7) is 0. The Kier molecular flexibility index (Phi) is 3.56. The zero-order valence-corrected chi connectivity index (χ0v) is 8.92. The van der Waals surface area contributed by atoms with E-state index in [0.717, 1.165) is 0 Å². The molecule has 2 aromatic rings. The quantitative estimate of drug-likeness (QED) is 0.856. The van der Waals surface area contributed by atoms with Crippen LogP contribution in [0.25, 0.3) is 11.4 Å². The minimum atomic E-state index is -4.65. The van der Waals surface area contributed by atoms with Gasteiger partial charge in [0.05, 0.1) is 0 Å². The molecule has 0 aliphatic heterocycles. The molecule has 0 amide bonds. The summed E-state index contributed by atoms with van der Waals surface area (Å²) >= 11 is 0. The van der Waals surface area contributed by atoms with Gasteiger partial charge in [0, 0.05) is 11.8 Å². The highest BCUT2D eigenvalue weighted by Gasteiger charge is 2.38. The van der Waals surface area contributed by atoms with Gasteiger partial charge in [-0.1, -0.05) is 5.16 Å². The molecule has 2 rings (SSSR count). The van der Waals surface area contributed by atoms with E-state index < -0.39 is 12.1 Å². The predicted octanol–water partition coefficient (Wildman–Crippen LogP) is 2.15. The molecule has 0 atom stereocenters. The van der Waals surface area contributed by atoms with Crippen LogP contribution in [0.1, 0.15) is 5.89 Å². The zero-order chi connectivity index (χ0) is 11.8. The summed E-state index contributed by atoms with van der Waals surface area (Å²) in [5.74, 6) is -1.32. The molecule has 92 valence electrons. The molecule has 0 saturated heterocycles. The summed E-state index contributed by atoms with van der Waals surface area (Å²) in [5.41, 5.74) is 5.62. The van der Waals surface area contributed by atoms with Crippen LogP contribution in [0, 0.1) is 0 Å². The van der Waals surface area contributed by atoms with Gasteiger partial charge in [-0.05, 0) is 12.1 Å². The molecular weight excluding hydrogens is 261 g/mol.